The van der Waals surface area contributed by atoms with Crippen molar-refractivity contribution in [3.05, 3.63) is 65.2 Å². The van der Waals surface area contributed by atoms with Crippen LogP contribution in [0.4, 0.5) is 16.3 Å². The molecule has 0 bridgehead atoms. The van der Waals surface area contributed by atoms with E-state index in [-0.39, 0.29) is 17.3 Å². The molecule has 2 amide bonds. The highest BCUT2D eigenvalue weighted by Crippen LogP contribution is 2.38. The van der Waals surface area contributed by atoms with Gasteiger partial charge in [0.15, 0.2) is 5.82 Å². The largest absolute Gasteiger partial charge is 0.361 e. The first-order valence-corrected chi connectivity index (χ1v) is 10.0. The van der Waals surface area contributed by atoms with Crippen LogP contribution in [-0.2, 0) is 16.6 Å². The van der Waals surface area contributed by atoms with Gasteiger partial charge in [-0.15, -0.1) is 0 Å². The number of hydrogen-bond donors (Lipinski definition) is 0. The first kappa shape index (κ1) is 18.2. The van der Waals surface area contributed by atoms with Crippen molar-refractivity contribution in [3.8, 4) is 0 Å². The quantitative estimate of drug-likeness (QED) is 0.670. The Morgan fingerprint density at radius 2 is 1.89 bits per heavy atom. The third-order valence-corrected chi connectivity index (χ3v) is 6.42. The van der Waals surface area contributed by atoms with E-state index < -0.39 is 16.1 Å². The molecule has 144 valence electrons. The second kappa shape index (κ2) is 6.45. The van der Waals surface area contributed by atoms with Gasteiger partial charge in [0.1, 0.15) is 10.7 Å². The number of benzene rings is 1. The summed E-state index contributed by atoms with van der Waals surface area (Å²) in [6.07, 6.45) is 1.47. The van der Waals surface area contributed by atoms with Gasteiger partial charge in [-0.1, -0.05) is 17.3 Å². The zero-order valence-electron chi connectivity index (χ0n) is 15.6. The summed E-state index contributed by atoms with van der Waals surface area (Å²) < 4.78 is 32.4. The molecule has 0 radical (unpaired) electrons. The molecule has 0 aliphatic carbocycles. The first-order valence-electron chi connectivity index (χ1n) is 8.61. The number of nitrogens with zero attached hydrogens (tertiary/aromatic N) is 4. The number of anilines is 2. The van der Waals surface area contributed by atoms with Crippen LogP contribution in [0, 0.1) is 20.8 Å². The number of pyridine rings is 1. The van der Waals surface area contributed by atoms with Crippen LogP contribution in [-0.4, -0.2) is 28.9 Å². The lowest BCUT2D eigenvalue weighted by Crippen LogP contribution is -2.48. The van der Waals surface area contributed by atoms with E-state index in [4.69, 9.17) is 4.52 Å². The Kier molecular flexibility index (Phi) is 4.19. The van der Waals surface area contributed by atoms with Gasteiger partial charge in [-0.3, -0.25) is 0 Å². The molecule has 3 aromatic rings. The minimum Gasteiger partial charge on any atom is -0.361 e. The van der Waals surface area contributed by atoms with Crippen LogP contribution in [0.25, 0.3) is 0 Å². The number of aryl methyl sites for hydroxylation is 3. The average Bonchev–Trinajstić information content (AvgIpc) is 2.97. The summed E-state index contributed by atoms with van der Waals surface area (Å²) in [5.74, 6) is 0.563. The number of sulfonamides is 1. The van der Waals surface area contributed by atoms with E-state index in [1.54, 1.807) is 19.9 Å². The molecule has 1 aliphatic rings. The van der Waals surface area contributed by atoms with E-state index in [2.05, 4.69) is 10.1 Å². The minimum atomic E-state index is -4.08. The van der Waals surface area contributed by atoms with Crippen molar-refractivity contribution in [2.75, 3.05) is 4.90 Å². The van der Waals surface area contributed by atoms with Crippen molar-refractivity contribution in [2.24, 2.45) is 0 Å². The maximum absolute atomic E-state index is 13.3. The molecule has 9 heteroatoms. The van der Waals surface area contributed by atoms with Gasteiger partial charge >= 0.3 is 6.03 Å². The van der Waals surface area contributed by atoms with Crippen LogP contribution in [0.3, 0.4) is 0 Å². The topological polar surface area (TPSA) is 96.6 Å². The highest BCUT2D eigenvalue weighted by Gasteiger charge is 2.43. The maximum atomic E-state index is 13.3. The standard InChI is InChI=1S/C19H18N4O4S/c1-12-6-4-7-15(10-12)23-18-17(8-5-9-20-18)28(25,26)22(19(23)24)11-16-13(2)21-27-14(16)3/h4-10H,11H2,1-3H3. The number of amides is 2. The van der Waals surface area contributed by atoms with E-state index >= 15 is 0 Å². The van der Waals surface area contributed by atoms with E-state index in [1.807, 2.05) is 25.1 Å². The molecule has 1 aliphatic heterocycles. The molecule has 0 saturated heterocycles. The van der Waals surface area contributed by atoms with Crippen molar-refractivity contribution in [1.29, 1.82) is 0 Å². The normalized spacial score (nSPS) is 15.6. The van der Waals surface area contributed by atoms with Gasteiger partial charge in [0.25, 0.3) is 10.0 Å². The highest BCUT2D eigenvalue weighted by molar-refractivity contribution is 7.90. The molecule has 1 aromatic carbocycles. The van der Waals surface area contributed by atoms with E-state index in [1.165, 1.54) is 23.2 Å². The summed E-state index contributed by atoms with van der Waals surface area (Å²) in [5.41, 5.74) is 2.59. The van der Waals surface area contributed by atoms with Crippen LogP contribution in [0.2, 0.25) is 0 Å². The van der Waals surface area contributed by atoms with Crippen molar-refractivity contribution < 1.29 is 17.7 Å². The van der Waals surface area contributed by atoms with E-state index in [9.17, 15) is 13.2 Å². The van der Waals surface area contributed by atoms with Crippen molar-refractivity contribution in [1.82, 2.24) is 14.4 Å². The summed E-state index contributed by atoms with van der Waals surface area (Å²) in [5, 5.41) is 3.85. The summed E-state index contributed by atoms with van der Waals surface area (Å²) in [4.78, 5) is 18.8. The number of carbonyl (C=O) groups is 1. The molecule has 0 atom stereocenters. The monoisotopic (exact) mass is 398 g/mol. The fourth-order valence-electron chi connectivity index (χ4n) is 3.20. The predicted molar refractivity (Wildman–Crippen MR) is 102 cm³/mol. The molecule has 4 rings (SSSR count). The molecule has 0 N–H and O–H groups in total. The van der Waals surface area contributed by atoms with Gasteiger partial charge in [-0.05, 0) is 50.6 Å². The number of carbonyl (C=O) groups excluding carboxylic acids is 1. The van der Waals surface area contributed by atoms with Crippen LogP contribution in [0.15, 0.2) is 52.0 Å². The molecule has 2 aromatic heterocycles. The van der Waals surface area contributed by atoms with Crippen LogP contribution in [0.1, 0.15) is 22.6 Å². The summed E-state index contributed by atoms with van der Waals surface area (Å²) in [6, 6.07) is 9.55. The lowest BCUT2D eigenvalue weighted by atomic mass is 10.2. The van der Waals surface area contributed by atoms with Gasteiger partial charge in [0, 0.05) is 11.8 Å². The van der Waals surface area contributed by atoms with Gasteiger partial charge in [-0.2, -0.15) is 0 Å². The first-order chi connectivity index (χ1) is 13.3. The zero-order valence-corrected chi connectivity index (χ0v) is 16.4. The smallest absolute Gasteiger partial charge is 0.344 e. The van der Waals surface area contributed by atoms with E-state index in [0.29, 0.717) is 22.7 Å². The van der Waals surface area contributed by atoms with E-state index in [0.717, 1.165) is 9.87 Å². The third kappa shape index (κ3) is 2.75. The Labute approximate surface area is 162 Å². The fourth-order valence-corrected chi connectivity index (χ4v) is 4.65. The zero-order chi connectivity index (χ0) is 20.1. The Bertz CT molecular complexity index is 1170. The summed E-state index contributed by atoms with van der Waals surface area (Å²) >= 11 is 0. The minimum absolute atomic E-state index is 0.0251. The molecule has 28 heavy (non-hydrogen) atoms. The maximum Gasteiger partial charge on any atom is 0.344 e. The van der Waals surface area contributed by atoms with Gasteiger partial charge in [-0.25, -0.2) is 27.4 Å². The third-order valence-electron chi connectivity index (χ3n) is 4.68. The lowest BCUT2D eigenvalue weighted by molar-refractivity contribution is 0.229. The summed E-state index contributed by atoms with van der Waals surface area (Å²) in [7, 11) is -4.08. The second-order valence-electron chi connectivity index (χ2n) is 6.60. The molecular formula is C19H18N4O4S. The van der Waals surface area contributed by atoms with Gasteiger partial charge < -0.3 is 4.52 Å². The second-order valence-corrected chi connectivity index (χ2v) is 8.43. The average molecular weight is 398 g/mol. The Balaban J connectivity index is 1.90. The number of urea groups is 1. The van der Waals surface area contributed by atoms with Crippen molar-refractivity contribution >= 4 is 27.6 Å². The number of rotatable bonds is 3. The Morgan fingerprint density at radius 3 is 2.57 bits per heavy atom. The molecule has 0 spiro atoms. The summed E-state index contributed by atoms with van der Waals surface area (Å²) in [6.45, 7) is 5.12. The number of hydrogen-bond acceptors (Lipinski definition) is 6. The SMILES string of the molecule is Cc1cccc(N2C(=O)N(Cc3c(C)noc3C)S(=O)(=O)c3cccnc32)c1. The highest BCUT2D eigenvalue weighted by atomic mass is 32.2. The molecule has 0 unspecified atom stereocenters. The van der Waals surface area contributed by atoms with Crippen molar-refractivity contribution in [2.45, 2.75) is 32.2 Å². The molecule has 3 heterocycles. The molecule has 0 saturated carbocycles. The Morgan fingerprint density at radius 1 is 1.11 bits per heavy atom. The van der Waals surface area contributed by atoms with Gasteiger partial charge in [0.2, 0.25) is 0 Å². The lowest BCUT2D eigenvalue weighted by Gasteiger charge is -2.35. The Hall–Kier alpha value is -3.20. The fraction of sp³-hybridized carbons (Fsp3) is 0.211. The predicted octanol–water partition coefficient (Wildman–Crippen LogP) is 3.46. The van der Waals surface area contributed by atoms with Crippen LogP contribution in [0.5, 0.6) is 0 Å². The van der Waals surface area contributed by atoms with Crippen LogP contribution < -0.4 is 4.90 Å². The number of fused-ring (bicyclic) bond motifs is 1. The molecule has 8 nitrogen and oxygen atoms in total. The molecular weight excluding hydrogens is 380 g/mol. The van der Waals surface area contributed by atoms with Gasteiger partial charge in [0.05, 0.1) is 17.9 Å². The number of aromatic nitrogens is 2. The van der Waals surface area contributed by atoms with Crippen molar-refractivity contribution in [3.63, 3.8) is 0 Å². The molecule has 0 fully saturated rings. The van der Waals surface area contributed by atoms with Crippen LogP contribution >= 0.6 is 0 Å².